The molecule has 1 aliphatic heterocycles. The van der Waals surface area contributed by atoms with E-state index >= 15 is 0 Å². The van der Waals surface area contributed by atoms with Crippen LogP contribution in [0.5, 0.6) is 0 Å². The molecule has 1 aliphatic rings. The Morgan fingerprint density at radius 2 is 1.64 bits per heavy atom. The van der Waals surface area contributed by atoms with Crippen LogP contribution >= 0.6 is 0 Å². The summed E-state index contributed by atoms with van der Waals surface area (Å²) in [5.41, 5.74) is 0.439. The summed E-state index contributed by atoms with van der Waals surface area (Å²) in [5.74, 6) is -3.08. The van der Waals surface area contributed by atoms with Crippen molar-refractivity contribution in [3.63, 3.8) is 0 Å². The summed E-state index contributed by atoms with van der Waals surface area (Å²) >= 11 is 0. The maximum absolute atomic E-state index is 12.4. The third-order valence-electron chi connectivity index (χ3n) is 4.22. The molecule has 28 heavy (non-hydrogen) atoms. The van der Waals surface area contributed by atoms with Gasteiger partial charge in [0.25, 0.3) is 17.7 Å². The average Bonchev–Trinajstić information content (AvgIpc) is 2.94. The monoisotopic (exact) mass is 389 g/mol. The number of nitrogens with one attached hydrogen (secondary N) is 2. The highest BCUT2D eigenvalue weighted by atomic mass is 16.5. The van der Waals surface area contributed by atoms with Crippen LogP contribution in [0.2, 0.25) is 0 Å². The number of imide groups is 1. The molecule has 150 valence electrons. The van der Waals surface area contributed by atoms with Crippen molar-refractivity contribution in [2.75, 3.05) is 13.2 Å². The fourth-order valence-electron chi connectivity index (χ4n) is 2.67. The number of rotatable bonds is 8. The number of fused-ring (bicyclic) bond motifs is 1. The predicted molar refractivity (Wildman–Crippen MR) is 98.3 cm³/mol. The second-order valence-corrected chi connectivity index (χ2v) is 6.39. The zero-order valence-corrected chi connectivity index (χ0v) is 16.0. The Labute approximate surface area is 162 Å². The number of amides is 4. The highest BCUT2D eigenvalue weighted by Gasteiger charge is 2.41. The lowest BCUT2D eigenvalue weighted by Crippen LogP contribution is -2.47. The molecule has 0 fully saturated rings. The smallest absolute Gasteiger partial charge is 0.329 e. The van der Waals surface area contributed by atoms with Gasteiger partial charge in [0.2, 0.25) is 5.91 Å². The second kappa shape index (κ2) is 9.12. The van der Waals surface area contributed by atoms with Crippen molar-refractivity contribution >= 4 is 29.6 Å². The molecule has 0 saturated carbocycles. The number of hydrogen-bond donors (Lipinski definition) is 2. The van der Waals surface area contributed by atoms with Gasteiger partial charge in [-0.05, 0) is 32.4 Å². The minimum Gasteiger partial charge on any atom is -0.454 e. The third-order valence-corrected chi connectivity index (χ3v) is 4.22. The highest BCUT2D eigenvalue weighted by molar-refractivity contribution is 6.22. The molecular formula is C19H23N3O6. The molecule has 0 unspecified atom stereocenters. The van der Waals surface area contributed by atoms with Crippen molar-refractivity contribution in [2.24, 2.45) is 0 Å². The Kier molecular flexibility index (Phi) is 6.86. The Hall–Kier alpha value is -3.23. The molecule has 0 radical (unpaired) electrons. The van der Waals surface area contributed by atoms with E-state index < -0.39 is 42.4 Å². The quantitative estimate of drug-likeness (QED) is 0.485. The Morgan fingerprint density at radius 3 is 2.18 bits per heavy atom. The maximum atomic E-state index is 12.4. The summed E-state index contributed by atoms with van der Waals surface area (Å²) in [6, 6.07) is 4.28. The van der Waals surface area contributed by atoms with E-state index in [1.165, 1.54) is 26.0 Å². The van der Waals surface area contributed by atoms with E-state index in [1.807, 2.05) is 6.92 Å². The summed E-state index contributed by atoms with van der Waals surface area (Å²) in [5, 5.41) is 5.04. The lowest BCUT2D eigenvalue weighted by atomic mass is 10.1. The molecule has 0 saturated heterocycles. The number of carbonyl (C=O) groups excluding carboxylic acids is 5. The standard InChI is InChI=1S/C19H23N3O6/c1-4-9-20-16(24)11(2)21-15(23)10-28-19(27)12(3)22-17(25)13-7-5-6-8-14(13)18(22)26/h5-8,11-12H,4,9-10H2,1-3H3,(H,20,24)(H,21,23)/t11-,12-/m1/s1. The van der Waals surface area contributed by atoms with Crippen molar-refractivity contribution < 1.29 is 28.7 Å². The van der Waals surface area contributed by atoms with Crippen LogP contribution in [-0.4, -0.2) is 59.7 Å². The van der Waals surface area contributed by atoms with Gasteiger partial charge in [0.15, 0.2) is 6.61 Å². The van der Waals surface area contributed by atoms with Crippen molar-refractivity contribution in [1.29, 1.82) is 0 Å². The zero-order valence-electron chi connectivity index (χ0n) is 16.0. The van der Waals surface area contributed by atoms with Crippen LogP contribution in [0.25, 0.3) is 0 Å². The fourth-order valence-corrected chi connectivity index (χ4v) is 2.67. The minimum atomic E-state index is -1.19. The number of hydrogen-bond acceptors (Lipinski definition) is 6. The summed E-state index contributed by atoms with van der Waals surface area (Å²) in [4.78, 5) is 61.4. The topological polar surface area (TPSA) is 122 Å². The molecule has 1 heterocycles. The molecule has 9 nitrogen and oxygen atoms in total. The minimum absolute atomic E-state index is 0.219. The molecular weight excluding hydrogens is 366 g/mol. The lowest BCUT2D eigenvalue weighted by Gasteiger charge is -2.21. The summed E-state index contributed by atoms with van der Waals surface area (Å²) < 4.78 is 4.91. The zero-order chi connectivity index (χ0) is 20.8. The molecule has 0 bridgehead atoms. The number of nitrogens with zero attached hydrogens (tertiary/aromatic N) is 1. The van der Waals surface area contributed by atoms with Crippen LogP contribution < -0.4 is 10.6 Å². The summed E-state index contributed by atoms with van der Waals surface area (Å²) in [6.45, 7) is 4.62. The van der Waals surface area contributed by atoms with Gasteiger partial charge in [0.05, 0.1) is 11.1 Å². The number of esters is 1. The molecule has 9 heteroatoms. The second-order valence-electron chi connectivity index (χ2n) is 6.39. The maximum Gasteiger partial charge on any atom is 0.329 e. The molecule has 4 amide bonds. The van der Waals surface area contributed by atoms with Gasteiger partial charge in [-0.3, -0.25) is 24.1 Å². The van der Waals surface area contributed by atoms with Crippen molar-refractivity contribution in [3.05, 3.63) is 35.4 Å². The molecule has 1 aromatic carbocycles. The molecule has 0 aromatic heterocycles. The lowest BCUT2D eigenvalue weighted by molar-refractivity contribution is -0.152. The molecule has 2 N–H and O–H groups in total. The largest absolute Gasteiger partial charge is 0.454 e. The van der Waals surface area contributed by atoms with Crippen LogP contribution in [0.4, 0.5) is 0 Å². The van der Waals surface area contributed by atoms with Crippen LogP contribution in [0.1, 0.15) is 47.9 Å². The third kappa shape index (κ3) is 4.54. The van der Waals surface area contributed by atoms with Crippen LogP contribution in [-0.2, 0) is 19.1 Å². The Bertz CT molecular complexity index is 772. The van der Waals surface area contributed by atoms with Gasteiger partial charge in [0, 0.05) is 6.54 Å². The van der Waals surface area contributed by atoms with Crippen molar-refractivity contribution in [3.8, 4) is 0 Å². The molecule has 2 rings (SSSR count). The van der Waals surface area contributed by atoms with Gasteiger partial charge >= 0.3 is 5.97 Å². The van der Waals surface area contributed by atoms with Gasteiger partial charge < -0.3 is 15.4 Å². The Balaban J connectivity index is 1.88. The van der Waals surface area contributed by atoms with Gasteiger partial charge in [-0.2, -0.15) is 0 Å². The summed E-state index contributed by atoms with van der Waals surface area (Å²) in [6.07, 6.45) is 0.764. The fraction of sp³-hybridized carbons (Fsp3) is 0.421. The van der Waals surface area contributed by atoms with E-state index in [9.17, 15) is 24.0 Å². The first-order chi connectivity index (χ1) is 13.3. The van der Waals surface area contributed by atoms with Crippen LogP contribution in [0.15, 0.2) is 24.3 Å². The SMILES string of the molecule is CCCNC(=O)[C@@H](C)NC(=O)COC(=O)[C@@H](C)N1C(=O)c2ccccc2C1=O. The number of ether oxygens (including phenoxy) is 1. The van der Waals surface area contributed by atoms with Crippen LogP contribution in [0.3, 0.4) is 0 Å². The molecule has 0 spiro atoms. The van der Waals surface area contributed by atoms with Gasteiger partial charge in [-0.1, -0.05) is 19.1 Å². The normalized spacial score (nSPS) is 14.9. The number of benzene rings is 1. The van der Waals surface area contributed by atoms with Crippen molar-refractivity contribution in [1.82, 2.24) is 15.5 Å². The number of carbonyl (C=O) groups is 5. The highest BCUT2D eigenvalue weighted by Crippen LogP contribution is 2.24. The predicted octanol–water partition coefficient (Wildman–Crippen LogP) is 0.245. The first-order valence-corrected chi connectivity index (χ1v) is 8.98. The van der Waals surface area contributed by atoms with E-state index in [4.69, 9.17) is 4.74 Å². The van der Waals surface area contributed by atoms with E-state index in [2.05, 4.69) is 10.6 Å². The molecule has 0 aliphatic carbocycles. The first-order valence-electron chi connectivity index (χ1n) is 8.98. The first kappa shape index (κ1) is 21.1. The van der Waals surface area contributed by atoms with Gasteiger partial charge in [-0.25, -0.2) is 4.79 Å². The van der Waals surface area contributed by atoms with Crippen molar-refractivity contribution in [2.45, 2.75) is 39.3 Å². The molecule has 1 aromatic rings. The van der Waals surface area contributed by atoms with E-state index in [0.717, 1.165) is 11.3 Å². The van der Waals surface area contributed by atoms with Gasteiger partial charge in [-0.15, -0.1) is 0 Å². The average molecular weight is 389 g/mol. The van der Waals surface area contributed by atoms with Crippen LogP contribution in [0, 0.1) is 0 Å². The van der Waals surface area contributed by atoms with E-state index in [0.29, 0.717) is 6.54 Å². The molecule has 2 atom stereocenters. The van der Waals surface area contributed by atoms with E-state index in [1.54, 1.807) is 12.1 Å². The van der Waals surface area contributed by atoms with E-state index in [-0.39, 0.29) is 17.0 Å². The van der Waals surface area contributed by atoms with Gasteiger partial charge in [0.1, 0.15) is 12.1 Å². The summed E-state index contributed by atoms with van der Waals surface area (Å²) in [7, 11) is 0. The Morgan fingerprint density at radius 1 is 1.07 bits per heavy atom.